The lowest BCUT2D eigenvalue weighted by Crippen LogP contribution is -2.58. The predicted molar refractivity (Wildman–Crippen MR) is 102 cm³/mol. The molecule has 0 aliphatic carbocycles. The number of aliphatic hydroxyl groups excluding tert-OH is 1. The van der Waals surface area contributed by atoms with Gasteiger partial charge in [0.15, 0.2) is 11.3 Å². The molecule has 4 rings (SSSR count). The molecular formula is C22H21NO5. The highest BCUT2D eigenvalue weighted by molar-refractivity contribution is 6.09. The number of carbonyl (C=O) groups excluding carboxylic acids is 2. The monoisotopic (exact) mass is 379 g/mol. The number of amides is 1. The summed E-state index contributed by atoms with van der Waals surface area (Å²) in [7, 11) is 0. The number of carbonyl (C=O) groups is 2. The van der Waals surface area contributed by atoms with Gasteiger partial charge in [-0.25, -0.2) is 4.79 Å². The fourth-order valence-electron chi connectivity index (χ4n) is 3.97. The standard InChI is InChI=1S/C22H21NO5/c1-21(2)23(19(25)16-11-6-9-14-8-4-5-10-15(14)16)22(3,20(26)28-21)18(24)17-12-7-13-27-17/h4-13,18,24H,1-3H3/t18-,22+/m0/s1. The van der Waals surface area contributed by atoms with E-state index in [4.69, 9.17) is 9.15 Å². The number of esters is 1. The van der Waals surface area contributed by atoms with Gasteiger partial charge in [0.05, 0.1) is 6.26 Å². The second-order valence-electron chi connectivity index (χ2n) is 7.57. The second-order valence-corrected chi connectivity index (χ2v) is 7.57. The van der Waals surface area contributed by atoms with Crippen LogP contribution in [0.3, 0.4) is 0 Å². The van der Waals surface area contributed by atoms with Crippen molar-refractivity contribution in [3.05, 3.63) is 72.2 Å². The molecule has 0 saturated carbocycles. The highest BCUT2D eigenvalue weighted by atomic mass is 16.6. The zero-order valence-electron chi connectivity index (χ0n) is 15.9. The van der Waals surface area contributed by atoms with Crippen molar-refractivity contribution in [2.45, 2.75) is 38.1 Å². The first-order valence-corrected chi connectivity index (χ1v) is 9.04. The number of nitrogens with zero attached hydrogens (tertiary/aromatic N) is 1. The molecule has 0 radical (unpaired) electrons. The van der Waals surface area contributed by atoms with E-state index in [-0.39, 0.29) is 5.76 Å². The molecule has 1 aliphatic rings. The van der Waals surface area contributed by atoms with Crippen LogP contribution in [0.5, 0.6) is 0 Å². The molecule has 2 atom stereocenters. The highest BCUT2D eigenvalue weighted by Crippen LogP contribution is 2.45. The summed E-state index contributed by atoms with van der Waals surface area (Å²) < 4.78 is 10.8. The first-order valence-electron chi connectivity index (χ1n) is 9.04. The molecule has 1 fully saturated rings. The van der Waals surface area contributed by atoms with Gasteiger partial charge in [-0.1, -0.05) is 36.4 Å². The van der Waals surface area contributed by atoms with Crippen molar-refractivity contribution in [1.82, 2.24) is 4.90 Å². The van der Waals surface area contributed by atoms with E-state index < -0.39 is 29.2 Å². The number of aliphatic hydroxyl groups is 1. The molecule has 6 heteroatoms. The quantitative estimate of drug-likeness (QED) is 0.703. The molecule has 2 aromatic carbocycles. The zero-order chi connectivity index (χ0) is 20.1. The van der Waals surface area contributed by atoms with Crippen LogP contribution in [0, 0.1) is 0 Å². The second kappa shape index (κ2) is 6.21. The number of ether oxygens (including phenoxy) is 1. The molecule has 28 heavy (non-hydrogen) atoms. The van der Waals surface area contributed by atoms with Gasteiger partial charge in [-0.05, 0) is 49.7 Å². The fourth-order valence-corrected chi connectivity index (χ4v) is 3.97. The maximum Gasteiger partial charge on any atom is 0.337 e. The number of benzene rings is 2. The zero-order valence-corrected chi connectivity index (χ0v) is 15.9. The van der Waals surface area contributed by atoms with Gasteiger partial charge in [-0.15, -0.1) is 0 Å². The van der Waals surface area contributed by atoms with Crippen LogP contribution in [-0.4, -0.2) is 33.1 Å². The van der Waals surface area contributed by atoms with Crippen molar-refractivity contribution < 1.29 is 23.8 Å². The number of rotatable bonds is 3. The summed E-state index contributed by atoms with van der Waals surface area (Å²) >= 11 is 0. The van der Waals surface area contributed by atoms with E-state index in [1.165, 1.54) is 18.1 Å². The molecule has 1 saturated heterocycles. The third kappa shape index (κ3) is 2.52. The van der Waals surface area contributed by atoms with E-state index in [0.29, 0.717) is 5.56 Å². The summed E-state index contributed by atoms with van der Waals surface area (Å²) in [6.45, 7) is 4.77. The van der Waals surface area contributed by atoms with Gasteiger partial charge in [0.25, 0.3) is 5.91 Å². The average Bonchev–Trinajstić information content (AvgIpc) is 3.26. The van der Waals surface area contributed by atoms with Crippen molar-refractivity contribution >= 4 is 22.6 Å². The topological polar surface area (TPSA) is 80.0 Å². The minimum atomic E-state index is -1.64. The Labute approximate surface area is 162 Å². The largest absolute Gasteiger partial charge is 0.466 e. The summed E-state index contributed by atoms with van der Waals surface area (Å²) in [6, 6.07) is 16.1. The molecule has 0 bridgehead atoms. The third-order valence-electron chi connectivity index (χ3n) is 5.33. The lowest BCUT2D eigenvalue weighted by Gasteiger charge is -2.39. The Bertz CT molecular complexity index is 1050. The van der Waals surface area contributed by atoms with E-state index in [1.54, 1.807) is 38.1 Å². The Balaban J connectivity index is 1.87. The molecule has 6 nitrogen and oxygen atoms in total. The summed E-state index contributed by atoms with van der Waals surface area (Å²) in [5.41, 5.74) is -2.45. The maximum absolute atomic E-state index is 13.7. The van der Waals surface area contributed by atoms with E-state index >= 15 is 0 Å². The molecule has 1 amide bonds. The average molecular weight is 379 g/mol. The van der Waals surface area contributed by atoms with Crippen LogP contribution in [0.1, 0.15) is 43.0 Å². The molecule has 0 unspecified atom stereocenters. The first-order chi connectivity index (χ1) is 13.3. The molecule has 144 valence electrons. The van der Waals surface area contributed by atoms with Crippen molar-refractivity contribution in [2.75, 3.05) is 0 Å². The van der Waals surface area contributed by atoms with Crippen molar-refractivity contribution in [3.8, 4) is 0 Å². The molecule has 2 heterocycles. The first kappa shape index (κ1) is 18.3. The van der Waals surface area contributed by atoms with Crippen LogP contribution in [0.2, 0.25) is 0 Å². The summed E-state index contributed by atoms with van der Waals surface area (Å²) in [6.07, 6.45) is 0.0280. The van der Waals surface area contributed by atoms with Crippen LogP contribution in [-0.2, 0) is 9.53 Å². The van der Waals surface area contributed by atoms with Crippen LogP contribution < -0.4 is 0 Å². The van der Waals surface area contributed by atoms with Gasteiger partial charge in [-0.2, -0.15) is 0 Å². The maximum atomic E-state index is 13.7. The molecule has 0 spiro atoms. The Morgan fingerprint density at radius 2 is 1.75 bits per heavy atom. The molecule has 1 N–H and O–H groups in total. The van der Waals surface area contributed by atoms with E-state index in [2.05, 4.69) is 0 Å². The number of hydrogen-bond acceptors (Lipinski definition) is 5. The van der Waals surface area contributed by atoms with Gasteiger partial charge in [0, 0.05) is 5.56 Å². The van der Waals surface area contributed by atoms with Crippen molar-refractivity contribution in [2.24, 2.45) is 0 Å². The smallest absolute Gasteiger partial charge is 0.337 e. The number of hydrogen-bond donors (Lipinski definition) is 1. The Kier molecular flexibility index (Phi) is 4.05. The Morgan fingerprint density at radius 1 is 1.04 bits per heavy atom. The summed E-state index contributed by atoms with van der Waals surface area (Å²) in [5.74, 6) is -0.899. The van der Waals surface area contributed by atoms with E-state index in [0.717, 1.165) is 10.8 Å². The van der Waals surface area contributed by atoms with Crippen LogP contribution in [0.25, 0.3) is 10.8 Å². The van der Waals surface area contributed by atoms with Gasteiger partial charge < -0.3 is 14.3 Å². The highest BCUT2D eigenvalue weighted by Gasteiger charge is 2.63. The summed E-state index contributed by atoms with van der Waals surface area (Å²) in [4.78, 5) is 27.8. The van der Waals surface area contributed by atoms with Gasteiger partial charge >= 0.3 is 5.97 Å². The fraction of sp³-hybridized carbons (Fsp3) is 0.273. The number of furan rings is 1. The SMILES string of the molecule is CC1(C)OC(=O)[C@@](C)([C@@H](O)c2ccco2)N1C(=O)c1cccc2ccccc12. The minimum Gasteiger partial charge on any atom is -0.466 e. The molecular weight excluding hydrogens is 358 g/mol. The van der Waals surface area contributed by atoms with E-state index in [1.807, 2.05) is 30.3 Å². The third-order valence-corrected chi connectivity index (χ3v) is 5.33. The van der Waals surface area contributed by atoms with Crippen molar-refractivity contribution in [1.29, 1.82) is 0 Å². The number of cyclic esters (lactones) is 1. The van der Waals surface area contributed by atoms with Crippen LogP contribution in [0.15, 0.2) is 65.3 Å². The lowest BCUT2D eigenvalue weighted by molar-refractivity contribution is -0.151. The van der Waals surface area contributed by atoms with Crippen molar-refractivity contribution in [3.63, 3.8) is 0 Å². The molecule has 3 aromatic rings. The predicted octanol–water partition coefficient (Wildman–Crippen LogP) is 3.66. The molecule has 1 aromatic heterocycles. The number of fused-ring (bicyclic) bond motifs is 1. The summed E-state index contributed by atoms with van der Waals surface area (Å²) in [5, 5.41) is 12.6. The lowest BCUT2D eigenvalue weighted by atomic mass is 9.89. The normalized spacial score (nSPS) is 22.3. The van der Waals surface area contributed by atoms with E-state index in [9.17, 15) is 14.7 Å². The minimum absolute atomic E-state index is 0.188. The van der Waals surface area contributed by atoms with Crippen LogP contribution in [0.4, 0.5) is 0 Å². The van der Waals surface area contributed by atoms with Crippen LogP contribution >= 0.6 is 0 Å². The molecule has 1 aliphatic heterocycles. The van der Waals surface area contributed by atoms with Gasteiger partial charge in [0.2, 0.25) is 0 Å². The van der Waals surface area contributed by atoms with Gasteiger partial charge in [0.1, 0.15) is 11.9 Å². The Hall–Kier alpha value is -3.12. The van der Waals surface area contributed by atoms with Gasteiger partial charge in [-0.3, -0.25) is 9.69 Å². The Morgan fingerprint density at radius 3 is 2.46 bits per heavy atom.